The zero-order valence-corrected chi connectivity index (χ0v) is 18.1. The first kappa shape index (κ1) is 21.3. The second kappa shape index (κ2) is 9.04. The standard InChI is InChI=1S/C22H25N5O3S/c23-17-18-6-8-19(9-7-18)31(29,30)27-15-13-26(14-16-27)22(28)20-5-4-10-24-21(20)25-11-2-1-3-12-25/h4-10H,1-3,11-16H2. The van der Waals surface area contributed by atoms with Gasteiger partial charge in [-0.2, -0.15) is 9.57 Å². The highest BCUT2D eigenvalue weighted by Gasteiger charge is 2.31. The molecule has 2 aromatic rings. The highest BCUT2D eigenvalue weighted by Crippen LogP contribution is 2.24. The maximum Gasteiger partial charge on any atom is 0.257 e. The summed E-state index contributed by atoms with van der Waals surface area (Å²) in [5.41, 5.74) is 0.989. The monoisotopic (exact) mass is 439 g/mol. The number of carbonyl (C=O) groups excluding carboxylic acids is 1. The van der Waals surface area contributed by atoms with Crippen LogP contribution in [0, 0.1) is 11.3 Å². The van der Waals surface area contributed by atoms with Crippen molar-refractivity contribution in [1.29, 1.82) is 5.26 Å². The minimum absolute atomic E-state index is 0.107. The normalized spacial score (nSPS) is 17.9. The number of amides is 1. The molecule has 2 fully saturated rings. The average molecular weight is 440 g/mol. The van der Waals surface area contributed by atoms with E-state index in [4.69, 9.17) is 5.26 Å². The van der Waals surface area contributed by atoms with Crippen LogP contribution in [0.4, 0.5) is 5.82 Å². The Labute approximate surface area is 182 Å². The summed E-state index contributed by atoms with van der Waals surface area (Å²) in [5.74, 6) is 0.615. The van der Waals surface area contributed by atoms with E-state index in [9.17, 15) is 13.2 Å². The topological polar surface area (TPSA) is 97.6 Å². The Morgan fingerprint density at radius 2 is 1.61 bits per heavy atom. The minimum atomic E-state index is -3.66. The third-order valence-corrected chi connectivity index (χ3v) is 7.73. The van der Waals surface area contributed by atoms with Crippen LogP contribution in [0.5, 0.6) is 0 Å². The fourth-order valence-electron chi connectivity index (χ4n) is 4.07. The third kappa shape index (κ3) is 4.40. The van der Waals surface area contributed by atoms with Crippen LogP contribution in [-0.2, 0) is 10.0 Å². The first-order chi connectivity index (χ1) is 15.0. The molecule has 162 valence electrons. The predicted molar refractivity (Wildman–Crippen MR) is 116 cm³/mol. The Hall–Kier alpha value is -2.96. The Balaban J connectivity index is 1.45. The summed E-state index contributed by atoms with van der Waals surface area (Å²) in [6, 6.07) is 11.5. The molecule has 0 N–H and O–H groups in total. The summed E-state index contributed by atoms with van der Waals surface area (Å²) >= 11 is 0. The van der Waals surface area contributed by atoms with Crippen molar-refractivity contribution in [2.45, 2.75) is 24.2 Å². The van der Waals surface area contributed by atoms with Crippen molar-refractivity contribution < 1.29 is 13.2 Å². The zero-order chi connectivity index (χ0) is 21.8. The van der Waals surface area contributed by atoms with Crippen LogP contribution >= 0.6 is 0 Å². The molecule has 0 spiro atoms. The van der Waals surface area contributed by atoms with E-state index in [-0.39, 0.29) is 23.9 Å². The number of pyridine rings is 1. The van der Waals surface area contributed by atoms with Gasteiger partial charge in [-0.1, -0.05) is 0 Å². The number of piperidine rings is 1. The molecule has 31 heavy (non-hydrogen) atoms. The van der Waals surface area contributed by atoms with Crippen molar-refractivity contribution >= 4 is 21.7 Å². The van der Waals surface area contributed by atoms with Gasteiger partial charge in [0.05, 0.1) is 22.1 Å². The third-order valence-electron chi connectivity index (χ3n) is 5.82. The molecule has 0 aliphatic carbocycles. The number of sulfonamides is 1. The highest BCUT2D eigenvalue weighted by molar-refractivity contribution is 7.89. The Bertz CT molecular complexity index is 1080. The lowest BCUT2D eigenvalue weighted by Crippen LogP contribution is -2.50. The van der Waals surface area contributed by atoms with Gasteiger partial charge in [0, 0.05) is 45.5 Å². The Kier molecular flexibility index (Phi) is 6.20. The Morgan fingerprint density at radius 3 is 2.26 bits per heavy atom. The second-order valence-electron chi connectivity index (χ2n) is 7.75. The molecule has 2 saturated heterocycles. The van der Waals surface area contributed by atoms with E-state index in [2.05, 4.69) is 9.88 Å². The first-order valence-electron chi connectivity index (χ1n) is 10.5. The van der Waals surface area contributed by atoms with Gasteiger partial charge in [0.1, 0.15) is 5.82 Å². The molecule has 1 aromatic carbocycles. The molecular formula is C22H25N5O3S. The summed E-state index contributed by atoms with van der Waals surface area (Å²) in [6.07, 6.45) is 5.09. The van der Waals surface area contributed by atoms with Crippen molar-refractivity contribution in [1.82, 2.24) is 14.2 Å². The number of rotatable bonds is 4. The molecular weight excluding hydrogens is 414 g/mol. The van der Waals surface area contributed by atoms with Gasteiger partial charge in [0.25, 0.3) is 5.91 Å². The molecule has 1 aromatic heterocycles. The van der Waals surface area contributed by atoms with E-state index in [1.807, 2.05) is 6.07 Å². The van der Waals surface area contributed by atoms with Crippen molar-refractivity contribution in [3.8, 4) is 6.07 Å². The predicted octanol–water partition coefficient (Wildman–Crippen LogP) is 2.09. The van der Waals surface area contributed by atoms with Crippen LogP contribution in [0.25, 0.3) is 0 Å². The van der Waals surface area contributed by atoms with Crippen molar-refractivity contribution in [3.63, 3.8) is 0 Å². The van der Waals surface area contributed by atoms with Crippen LogP contribution in [-0.4, -0.2) is 67.8 Å². The van der Waals surface area contributed by atoms with E-state index in [1.165, 1.54) is 35.0 Å². The number of benzene rings is 1. The maximum absolute atomic E-state index is 13.2. The van der Waals surface area contributed by atoms with Crippen LogP contribution in [0.3, 0.4) is 0 Å². The number of anilines is 1. The van der Waals surface area contributed by atoms with Gasteiger partial charge in [-0.3, -0.25) is 4.79 Å². The number of piperazine rings is 1. The van der Waals surface area contributed by atoms with E-state index in [1.54, 1.807) is 23.2 Å². The number of hydrogen-bond acceptors (Lipinski definition) is 6. The van der Waals surface area contributed by atoms with Crippen LogP contribution in [0.1, 0.15) is 35.2 Å². The lowest BCUT2D eigenvalue weighted by Gasteiger charge is -2.35. The van der Waals surface area contributed by atoms with Gasteiger partial charge in [-0.05, 0) is 55.7 Å². The van der Waals surface area contributed by atoms with Gasteiger partial charge in [0.15, 0.2) is 0 Å². The summed E-state index contributed by atoms with van der Waals surface area (Å²) in [7, 11) is -3.66. The fourth-order valence-corrected chi connectivity index (χ4v) is 5.50. The fraction of sp³-hybridized carbons (Fsp3) is 0.409. The molecule has 0 unspecified atom stereocenters. The van der Waals surface area contributed by atoms with Crippen molar-refractivity contribution in [3.05, 3.63) is 53.7 Å². The smallest absolute Gasteiger partial charge is 0.257 e. The SMILES string of the molecule is N#Cc1ccc(S(=O)(=O)N2CCN(C(=O)c3cccnc3N3CCCCC3)CC2)cc1. The average Bonchev–Trinajstić information content (AvgIpc) is 2.84. The van der Waals surface area contributed by atoms with E-state index < -0.39 is 10.0 Å². The van der Waals surface area contributed by atoms with Crippen molar-refractivity contribution in [2.75, 3.05) is 44.2 Å². The summed E-state index contributed by atoms with van der Waals surface area (Å²) in [4.78, 5) is 21.7. The van der Waals surface area contributed by atoms with E-state index in [0.717, 1.165) is 31.7 Å². The number of carbonyl (C=O) groups is 1. The molecule has 0 bridgehead atoms. The molecule has 1 amide bonds. The van der Waals surface area contributed by atoms with E-state index in [0.29, 0.717) is 24.2 Å². The minimum Gasteiger partial charge on any atom is -0.356 e. The summed E-state index contributed by atoms with van der Waals surface area (Å²) in [6.45, 7) is 2.90. The first-order valence-corrected chi connectivity index (χ1v) is 11.9. The number of nitriles is 1. The summed E-state index contributed by atoms with van der Waals surface area (Å²) < 4.78 is 27.2. The lowest BCUT2D eigenvalue weighted by atomic mass is 10.1. The molecule has 2 aliphatic rings. The number of aromatic nitrogens is 1. The largest absolute Gasteiger partial charge is 0.356 e. The molecule has 0 radical (unpaired) electrons. The molecule has 9 heteroatoms. The van der Waals surface area contributed by atoms with Gasteiger partial charge in [-0.15, -0.1) is 0 Å². The highest BCUT2D eigenvalue weighted by atomic mass is 32.2. The van der Waals surface area contributed by atoms with Crippen LogP contribution in [0.15, 0.2) is 47.5 Å². The van der Waals surface area contributed by atoms with Crippen LogP contribution in [0.2, 0.25) is 0 Å². The quantitative estimate of drug-likeness (QED) is 0.724. The maximum atomic E-state index is 13.2. The van der Waals surface area contributed by atoms with Crippen LogP contribution < -0.4 is 4.90 Å². The lowest BCUT2D eigenvalue weighted by molar-refractivity contribution is 0.0698. The molecule has 2 aliphatic heterocycles. The summed E-state index contributed by atoms with van der Waals surface area (Å²) in [5, 5.41) is 8.90. The van der Waals surface area contributed by atoms with Gasteiger partial charge in [-0.25, -0.2) is 13.4 Å². The molecule has 0 atom stereocenters. The Morgan fingerprint density at radius 1 is 0.935 bits per heavy atom. The second-order valence-corrected chi connectivity index (χ2v) is 9.69. The van der Waals surface area contributed by atoms with E-state index >= 15 is 0 Å². The van der Waals surface area contributed by atoms with Gasteiger partial charge in [0.2, 0.25) is 10.0 Å². The van der Waals surface area contributed by atoms with Gasteiger partial charge >= 0.3 is 0 Å². The molecule has 0 saturated carbocycles. The van der Waals surface area contributed by atoms with Gasteiger partial charge < -0.3 is 9.80 Å². The number of nitrogens with zero attached hydrogens (tertiary/aromatic N) is 5. The zero-order valence-electron chi connectivity index (χ0n) is 17.3. The molecule has 4 rings (SSSR count). The van der Waals surface area contributed by atoms with Crippen molar-refractivity contribution in [2.24, 2.45) is 0 Å². The molecule has 3 heterocycles. The molecule has 8 nitrogen and oxygen atoms in total. The number of hydrogen-bond donors (Lipinski definition) is 0.